The van der Waals surface area contributed by atoms with Gasteiger partial charge in [-0.2, -0.15) is 0 Å². The van der Waals surface area contributed by atoms with Gasteiger partial charge in [0.05, 0.1) is 5.75 Å². The van der Waals surface area contributed by atoms with Gasteiger partial charge in [0.15, 0.2) is 0 Å². The van der Waals surface area contributed by atoms with Crippen LogP contribution in [0.15, 0.2) is 0 Å². The first-order chi connectivity index (χ1) is 6.90. The van der Waals surface area contributed by atoms with E-state index in [1.807, 2.05) is 6.92 Å². The lowest BCUT2D eigenvalue weighted by molar-refractivity contribution is 0.216. The predicted octanol–water partition coefficient (Wildman–Crippen LogP) is -0.0187. The minimum absolute atomic E-state index is 0.178. The fourth-order valence-corrected chi connectivity index (χ4v) is 3.38. The van der Waals surface area contributed by atoms with E-state index in [1.54, 1.807) is 0 Å². The Bertz CT molecular complexity index is 289. The summed E-state index contributed by atoms with van der Waals surface area (Å²) in [5.74, 6) is 0.820. The molecule has 1 N–H and O–H groups in total. The highest BCUT2D eigenvalue weighted by Crippen LogP contribution is 2.17. The van der Waals surface area contributed by atoms with Gasteiger partial charge in [-0.25, -0.2) is 8.42 Å². The average molecular weight is 235 g/mol. The highest BCUT2D eigenvalue weighted by molar-refractivity contribution is 7.90. The normalized spacial score (nSPS) is 25.7. The second-order valence-corrected chi connectivity index (χ2v) is 6.98. The lowest BCUT2D eigenvalue weighted by atomic mass is 10.1. The van der Waals surface area contributed by atoms with Crippen LogP contribution in [-0.2, 0) is 9.84 Å². The summed E-state index contributed by atoms with van der Waals surface area (Å²) in [5, 5.41) is 8.98. The molecule has 1 fully saturated rings. The van der Waals surface area contributed by atoms with Crippen LogP contribution >= 0.6 is 0 Å². The van der Waals surface area contributed by atoms with E-state index in [1.165, 1.54) is 6.26 Å². The summed E-state index contributed by atoms with van der Waals surface area (Å²) in [6, 6.07) is 0. The number of aliphatic hydroxyl groups is 1. The van der Waals surface area contributed by atoms with Gasteiger partial charge in [0.2, 0.25) is 0 Å². The molecule has 5 heteroatoms. The number of aliphatic hydroxyl groups excluding tert-OH is 1. The molecule has 0 bridgehead atoms. The van der Waals surface area contributed by atoms with Crippen molar-refractivity contribution < 1.29 is 13.5 Å². The highest BCUT2D eigenvalue weighted by Gasteiger charge is 2.23. The Kier molecular flexibility index (Phi) is 4.55. The van der Waals surface area contributed by atoms with E-state index in [-0.39, 0.29) is 18.3 Å². The van der Waals surface area contributed by atoms with Gasteiger partial charge in [0.25, 0.3) is 0 Å². The van der Waals surface area contributed by atoms with E-state index in [2.05, 4.69) is 4.90 Å². The molecular weight excluding hydrogens is 214 g/mol. The summed E-state index contributed by atoms with van der Waals surface area (Å²) in [5.41, 5.74) is 0. The fourth-order valence-electron chi connectivity index (χ4n) is 2.24. The molecular formula is C10H21NO3S. The van der Waals surface area contributed by atoms with E-state index in [9.17, 15) is 8.42 Å². The molecule has 2 unspecified atom stereocenters. The molecule has 1 rings (SSSR count). The highest BCUT2D eigenvalue weighted by atomic mass is 32.2. The monoisotopic (exact) mass is 235 g/mol. The van der Waals surface area contributed by atoms with Crippen LogP contribution in [0, 0.1) is 11.8 Å². The van der Waals surface area contributed by atoms with Gasteiger partial charge in [-0.3, -0.25) is 0 Å². The molecule has 0 spiro atoms. The molecule has 4 nitrogen and oxygen atoms in total. The van der Waals surface area contributed by atoms with Crippen LogP contribution in [0.2, 0.25) is 0 Å². The van der Waals surface area contributed by atoms with Gasteiger partial charge >= 0.3 is 0 Å². The van der Waals surface area contributed by atoms with Crippen LogP contribution < -0.4 is 0 Å². The minimum atomic E-state index is -2.86. The molecule has 0 aromatic carbocycles. The molecule has 90 valence electrons. The maximum Gasteiger partial charge on any atom is 0.147 e. The van der Waals surface area contributed by atoms with Crippen LogP contribution in [0.5, 0.6) is 0 Å². The Morgan fingerprint density at radius 3 is 2.67 bits per heavy atom. The molecule has 0 aliphatic carbocycles. The predicted molar refractivity (Wildman–Crippen MR) is 60.5 cm³/mol. The maximum atomic E-state index is 11.1. The topological polar surface area (TPSA) is 57.6 Å². The molecule has 2 atom stereocenters. The SMILES string of the molecule is CC(CN1CCC(CO)C1)CS(C)(=O)=O. The van der Waals surface area contributed by atoms with Crippen LogP contribution in [0.3, 0.4) is 0 Å². The van der Waals surface area contributed by atoms with Crippen molar-refractivity contribution in [2.45, 2.75) is 13.3 Å². The fraction of sp³-hybridized carbons (Fsp3) is 1.00. The van der Waals surface area contributed by atoms with Gasteiger partial charge in [-0.15, -0.1) is 0 Å². The van der Waals surface area contributed by atoms with Crippen molar-refractivity contribution in [1.82, 2.24) is 4.90 Å². The van der Waals surface area contributed by atoms with E-state index in [4.69, 9.17) is 5.11 Å². The first-order valence-electron chi connectivity index (χ1n) is 5.41. The number of sulfone groups is 1. The Morgan fingerprint density at radius 1 is 1.53 bits per heavy atom. The second kappa shape index (κ2) is 5.27. The van der Waals surface area contributed by atoms with Gasteiger partial charge in [-0.1, -0.05) is 6.92 Å². The standard InChI is InChI=1S/C10H21NO3S/c1-9(8-15(2,13)14)5-11-4-3-10(6-11)7-12/h9-10,12H,3-8H2,1-2H3. The van der Waals surface area contributed by atoms with Crippen molar-refractivity contribution in [3.05, 3.63) is 0 Å². The van der Waals surface area contributed by atoms with Crippen molar-refractivity contribution in [2.75, 3.05) is 38.2 Å². The van der Waals surface area contributed by atoms with Gasteiger partial charge < -0.3 is 10.0 Å². The third-order valence-corrected chi connectivity index (χ3v) is 3.96. The van der Waals surface area contributed by atoms with Crippen LogP contribution in [-0.4, -0.2) is 56.7 Å². The van der Waals surface area contributed by atoms with Crippen molar-refractivity contribution in [3.63, 3.8) is 0 Å². The van der Waals surface area contributed by atoms with Crippen molar-refractivity contribution in [3.8, 4) is 0 Å². The Hall–Kier alpha value is -0.130. The third kappa shape index (κ3) is 4.95. The minimum Gasteiger partial charge on any atom is -0.396 e. The van der Waals surface area contributed by atoms with Crippen LogP contribution in [0.25, 0.3) is 0 Å². The van der Waals surface area contributed by atoms with Crippen LogP contribution in [0.1, 0.15) is 13.3 Å². The quantitative estimate of drug-likeness (QED) is 0.728. The Balaban J connectivity index is 2.30. The lowest BCUT2D eigenvalue weighted by Gasteiger charge is -2.20. The molecule has 1 aliphatic heterocycles. The molecule has 1 saturated heterocycles. The summed E-state index contributed by atoms with van der Waals surface area (Å²) in [6.07, 6.45) is 2.31. The van der Waals surface area contributed by atoms with Gasteiger partial charge in [0.1, 0.15) is 9.84 Å². The molecule has 1 aliphatic rings. The summed E-state index contributed by atoms with van der Waals surface area (Å²) >= 11 is 0. The third-order valence-electron chi connectivity index (χ3n) is 2.79. The number of rotatable bonds is 5. The smallest absolute Gasteiger partial charge is 0.147 e. The zero-order valence-electron chi connectivity index (χ0n) is 9.52. The van der Waals surface area contributed by atoms with Gasteiger partial charge in [-0.05, 0) is 24.8 Å². The maximum absolute atomic E-state index is 11.1. The van der Waals surface area contributed by atoms with Crippen molar-refractivity contribution in [2.24, 2.45) is 11.8 Å². The molecule has 0 saturated carbocycles. The number of nitrogens with zero attached hydrogens (tertiary/aromatic N) is 1. The van der Waals surface area contributed by atoms with E-state index < -0.39 is 9.84 Å². The molecule has 0 amide bonds. The lowest BCUT2D eigenvalue weighted by Crippen LogP contribution is -2.30. The average Bonchev–Trinajstić information content (AvgIpc) is 2.48. The van der Waals surface area contributed by atoms with Crippen molar-refractivity contribution in [1.29, 1.82) is 0 Å². The second-order valence-electron chi connectivity index (χ2n) is 4.79. The molecule has 0 aromatic rings. The van der Waals surface area contributed by atoms with Crippen LogP contribution in [0.4, 0.5) is 0 Å². The van der Waals surface area contributed by atoms with Crippen molar-refractivity contribution >= 4 is 9.84 Å². The van der Waals surface area contributed by atoms with E-state index in [0.717, 1.165) is 26.1 Å². The summed E-state index contributed by atoms with van der Waals surface area (Å²) in [4.78, 5) is 2.25. The summed E-state index contributed by atoms with van der Waals surface area (Å²) in [7, 11) is -2.86. The summed E-state index contributed by atoms with van der Waals surface area (Å²) in [6.45, 7) is 4.93. The molecule has 15 heavy (non-hydrogen) atoms. The number of hydrogen-bond acceptors (Lipinski definition) is 4. The number of hydrogen-bond donors (Lipinski definition) is 1. The molecule has 1 heterocycles. The Labute approximate surface area is 92.2 Å². The van der Waals surface area contributed by atoms with Gasteiger partial charge in [0, 0.05) is 26.0 Å². The molecule has 0 aromatic heterocycles. The van der Waals surface area contributed by atoms with E-state index in [0.29, 0.717) is 5.92 Å². The Morgan fingerprint density at radius 2 is 2.20 bits per heavy atom. The number of likely N-dealkylation sites (tertiary alicyclic amines) is 1. The zero-order valence-corrected chi connectivity index (χ0v) is 10.3. The van der Waals surface area contributed by atoms with E-state index >= 15 is 0 Å². The largest absolute Gasteiger partial charge is 0.396 e. The zero-order chi connectivity index (χ0) is 11.5. The first kappa shape index (κ1) is 12.9. The first-order valence-corrected chi connectivity index (χ1v) is 7.47. The summed E-state index contributed by atoms with van der Waals surface area (Å²) < 4.78 is 22.2. The molecule has 0 radical (unpaired) electrons.